The number of carbonyl (C=O) groups excluding carboxylic acids is 3. The SMILES string of the molecule is CCOc1cc(/C=N/NC(=O)[C@@H]2C(=O)NC[C@H]2c2ccccc2)ccc1OC(=O)c1ccc(F)cc1. The van der Waals surface area contributed by atoms with Crippen molar-refractivity contribution in [2.75, 3.05) is 13.2 Å². The van der Waals surface area contributed by atoms with Crippen LogP contribution in [0, 0.1) is 11.7 Å². The van der Waals surface area contributed by atoms with E-state index in [1.807, 2.05) is 30.3 Å². The van der Waals surface area contributed by atoms with E-state index in [1.54, 1.807) is 19.1 Å². The third-order valence-corrected chi connectivity index (χ3v) is 5.63. The molecule has 1 saturated heterocycles. The highest BCUT2D eigenvalue weighted by molar-refractivity contribution is 6.03. The number of benzene rings is 3. The van der Waals surface area contributed by atoms with Crippen molar-refractivity contribution < 1.29 is 28.2 Å². The maximum absolute atomic E-state index is 13.1. The van der Waals surface area contributed by atoms with Crippen LogP contribution in [-0.2, 0) is 9.59 Å². The minimum absolute atomic E-state index is 0.181. The second kappa shape index (κ2) is 11.3. The van der Waals surface area contributed by atoms with Crippen molar-refractivity contribution in [3.63, 3.8) is 0 Å². The van der Waals surface area contributed by atoms with Crippen LogP contribution in [0.3, 0.4) is 0 Å². The number of halogens is 1. The molecule has 0 spiro atoms. The molecule has 0 radical (unpaired) electrons. The van der Waals surface area contributed by atoms with Gasteiger partial charge in [-0.25, -0.2) is 14.6 Å². The van der Waals surface area contributed by atoms with E-state index < -0.39 is 23.6 Å². The Bertz CT molecular complexity index is 1280. The summed E-state index contributed by atoms with van der Waals surface area (Å²) in [6, 6.07) is 19.1. The summed E-state index contributed by atoms with van der Waals surface area (Å²) >= 11 is 0. The molecule has 0 unspecified atom stereocenters. The summed E-state index contributed by atoms with van der Waals surface area (Å²) in [7, 11) is 0. The summed E-state index contributed by atoms with van der Waals surface area (Å²) in [5.41, 5.74) is 4.09. The number of carbonyl (C=O) groups is 3. The Morgan fingerprint density at radius 2 is 1.83 bits per heavy atom. The lowest BCUT2D eigenvalue weighted by Gasteiger charge is -2.15. The second-order valence-corrected chi connectivity index (χ2v) is 8.01. The van der Waals surface area contributed by atoms with Gasteiger partial charge in [0.15, 0.2) is 11.5 Å². The van der Waals surface area contributed by atoms with Gasteiger partial charge in [0.25, 0.3) is 5.91 Å². The molecule has 0 saturated carbocycles. The number of hydrogen-bond acceptors (Lipinski definition) is 6. The molecule has 1 fully saturated rings. The molecule has 184 valence electrons. The smallest absolute Gasteiger partial charge is 0.343 e. The van der Waals surface area contributed by atoms with Gasteiger partial charge in [0.2, 0.25) is 5.91 Å². The molecule has 0 bridgehead atoms. The Hall–Kier alpha value is -4.53. The van der Waals surface area contributed by atoms with Crippen LogP contribution in [0.4, 0.5) is 4.39 Å². The highest BCUT2D eigenvalue weighted by Crippen LogP contribution is 2.30. The Morgan fingerprint density at radius 3 is 2.56 bits per heavy atom. The molecule has 36 heavy (non-hydrogen) atoms. The molecule has 1 heterocycles. The summed E-state index contributed by atoms with van der Waals surface area (Å²) in [5, 5.41) is 6.73. The van der Waals surface area contributed by atoms with Crippen LogP contribution in [0.1, 0.15) is 34.3 Å². The lowest BCUT2D eigenvalue weighted by molar-refractivity contribution is -0.133. The zero-order valence-electron chi connectivity index (χ0n) is 19.4. The third kappa shape index (κ3) is 5.75. The first-order valence-corrected chi connectivity index (χ1v) is 11.4. The summed E-state index contributed by atoms with van der Waals surface area (Å²) in [4.78, 5) is 37.4. The highest BCUT2D eigenvalue weighted by Gasteiger charge is 2.40. The number of esters is 1. The first-order chi connectivity index (χ1) is 17.5. The second-order valence-electron chi connectivity index (χ2n) is 8.01. The first kappa shape index (κ1) is 24.6. The quantitative estimate of drug-likeness (QED) is 0.166. The molecule has 0 aromatic heterocycles. The molecular formula is C27H24FN3O5. The van der Waals surface area contributed by atoms with Crippen LogP contribution >= 0.6 is 0 Å². The summed E-state index contributed by atoms with van der Waals surface area (Å²) in [5.74, 6) is -2.67. The normalized spacial score (nSPS) is 17.0. The van der Waals surface area contributed by atoms with Crippen LogP contribution in [-0.4, -0.2) is 37.1 Å². The molecule has 4 rings (SSSR count). The predicted molar refractivity (Wildman–Crippen MR) is 130 cm³/mol. The van der Waals surface area contributed by atoms with Gasteiger partial charge < -0.3 is 14.8 Å². The van der Waals surface area contributed by atoms with Gasteiger partial charge in [-0.1, -0.05) is 30.3 Å². The minimum atomic E-state index is -0.892. The van der Waals surface area contributed by atoms with E-state index in [0.717, 1.165) is 5.56 Å². The molecular weight excluding hydrogens is 465 g/mol. The highest BCUT2D eigenvalue weighted by atomic mass is 19.1. The van der Waals surface area contributed by atoms with E-state index in [-0.39, 0.29) is 23.1 Å². The van der Waals surface area contributed by atoms with Gasteiger partial charge in [0.1, 0.15) is 11.7 Å². The number of amides is 2. The lowest BCUT2D eigenvalue weighted by atomic mass is 9.88. The number of rotatable bonds is 8. The molecule has 1 aliphatic heterocycles. The van der Waals surface area contributed by atoms with Crippen molar-refractivity contribution in [3.05, 3.63) is 95.3 Å². The van der Waals surface area contributed by atoms with Crippen LogP contribution in [0.25, 0.3) is 0 Å². The summed E-state index contributed by atoms with van der Waals surface area (Å²) < 4.78 is 24.1. The minimum Gasteiger partial charge on any atom is -0.490 e. The Morgan fingerprint density at radius 1 is 1.08 bits per heavy atom. The van der Waals surface area contributed by atoms with Crippen LogP contribution in [0.5, 0.6) is 11.5 Å². The average Bonchev–Trinajstić information content (AvgIpc) is 3.28. The van der Waals surface area contributed by atoms with Gasteiger partial charge in [0, 0.05) is 12.5 Å². The van der Waals surface area contributed by atoms with Gasteiger partial charge in [0.05, 0.1) is 18.4 Å². The number of nitrogens with zero attached hydrogens (tertiary/aromatic N) is 1. The fourth-order valence-electron chi connectivity index (χ4n) is 3.88. The summed E-state index contributed by atoms with van der Waals surface area (Å²) in [6.07, 6.45) is 1.40. The average molecular weight is 490 g/mol. The fourth-order valence-corrected chi connectivity index (χ4v) is 3.88. The topological polar surface area (TPSA) is 106 Å². The van der Waals surface area contributed by atoms with Gasteiger partial charge in [-0.15, -0.1) is 0 Å². The van der Waals surface area contributed by atoms with Crippen LogP contribution < -0.4 is 20.2 Å². The molecule has 1 aliphatic rings. The van der Waals surface area contributed by atoms with Crippen molar-refractivity contribution in [1.82, 2.24) is 10.7 Å². The van der Waals surface area contributed by atoms with Crippen molar-refractivity contribution in [2.45, 2.75) is 12.8 Å². The predicted octanol–water partition coefficient (Wildman–Crippen LogP) is 3.42. The molecule has 2 N–H and O–H groups in total. The zero-order valence-corrected chi connectivity index (χ0v) is 19.4. The number of ether oxygens (including phenoxy) is 2. The van der Waals surface area contributed by atoms with Gasteiger partial charge in [-0.2, -0.15) is 5.10 Å². The van der Waals surface area contributed by atoms with Gasteiger partial charge >= 0.3 is 5.97 Å². The largest absolute Gasteiger partial charge is 0.490 e. The van der Waals surface area contributed by atoms with E-state index in [4.69, 9.17) is 9.47 Å². The van der Waals surface area contributed by atoms with Crippen molar-refractivity contribution in [1.29, 1.82) is 0 Å². The molecule has 2 atom stereocenters. The Kier molecular flexibility index (Phi) is 7.69. The van der Waals surface area contributed by atoms with E-state index in [1.165, 1.54) is 36.5 Å². The van der Waals surface area contributed by atoms with Gasteiger partial charge in [-0.3, -0.25) is 9.59 Å². The van der Waals surface area contributed by atoms with E-state index in [2.05, 4.69) is 15.8 Å². The van der Waals surface area contributed by atoms with E-state index in [9.17, 15) is 18.8 Å². The third-order valence-electron chi connectivity index (χ3n) is 5.63. The van der Waals surface area contributed by atoms with Crippen LogP contribution in [0.15, 0.2) is 77.9 Å². The van der Waals surface area contributed by atoms with Crippen LogP contribution in [0.2, 0.25) is 0 Å². The van der Waals surface area contributed by atoms with E-state index in [0.29, 0.717) is 24.5 Å². The molecule has 8 nitrogen and oxygen atoms in total. The molecule has 3 aromatic rings. The number of nitrogens with one attached hydrogen (secondary N) is 2. The molecule has 3 aromatic carbocycles. The molecule has 0 aliphatic carbocycles. The number of hydrogen-bond donors (Lipinski definition) is 2. The maximum atomic E-state index is 13.1. The lowest BCUT2D eigenvalue weighted by Crippen LogP contribution is -2.34. The first-order valence-electron chi connectivity index (χ1n) is 11.4. The molecule has 2 amide bonds. The Balaban J connectivity index is 1.43. The summed E-state index contributed by atoms with van der Waals surface area (Å²) in [6.45, 7) is 2.47. The monoisotopic (exact) mass is 489 g/mol. The van der Waals surface area contributed by atoms with Crippen molar-refractivity contribution in [2.24, 2.45) is 11.0 Å². The van der Waals surface area contributed by atoms with E-state index >= 15 is 0 Å². The standard InChI is InChI=1S/C27H24FN3O5/c1-2-35-23-14-17(8-13-22(23)36-27(34)19-9-11-20(28)12-10-19)15-30-31-26(33)24-21(16-29-25(24)32)18-6-4-3-5-7-18/h3-15,21,24H,2,16H2,1H3,(H,29,32)(H,31,33)/b30-15+/t21-,24-/m0/s1. The van der Waals surface area contributed by atoms with Crippen molar-refractivity contribution >= 4 is 24.0 Å². The molecule has 9 heteroatoms. The van der Waals surface area contributed by atoms with Gasteiger partial charge in [-0.05, 0) is 60.5 Å². The Labute approximate surface area is 207 Å². The number of hydrazone groups is 1. The fraction of sp³-hybridized carbons (Fsp3) is 0.185. The van der Waals surface area contributed by atoms with Crippen molar-refractivity contribution in [3.8, 4) is 11.5 Å². The maximum Gasteiger partial charge on any atom is 0.343 e. The zero-order chi connectivity index (χ0) is 25.5.